The predicted molar refractivity (Wildman–Crippen MR) is 79.9 cm³/mol. The second kappa shape index (κ2) is 5.48. The quantitative estimate of drug-likeness (QED) is 0.840. The fraction of sp³-hybridized carbons (Fsp3) is 0.500. The number of likely N-dealkylation sites (N-methyl/N-ethyl adjacent to an activating group) is 1. The third-order valence-electron chi connectivity index (χ3n) is 4.30. The number of amides is 1. The zero-order chi connectivity index (χ0) is 15.0. The standard InChI is InChI=1S/C16H20N2O3/c1-10-16(20)18(2)13-9-12(3-4-14(13)21-10)15(19)11-5-7-17-8-6-11/h3-4,9-11,17H,5-8H2,1-2H3/t10-/m0/s1. The van der Waals surface area contributed by atoms with Crippen LogP contribution >= 0.6 is 0 Å². The van der Waals surface area contributed by atoms with Crippen molar-refractivity contribution in [2.75, 3.05) is 25.0 Å². The number of rotatable bonds is 2. The van der Waals surface area contributed by atoms with Gasteiger partial charge in [0.05, 0.1) is 5.69 Å². The van der Waals surface area contributed by atoms with Crippen molar-refractivity contribution in [1.29, 1.82) is 0 Å². The summed E-state index contributed by atoms with van der Waals surface area (Å²) < 4.78 is 5.58. The summed E-state index contributed by atoms with van der Waals surface area (Å²) in [5, 5.41) is 3.26. The Bertz CT molecular complexity index is 579. The van der Waals surface area contributed by atoms with Crippen LogP contribution in [0.5, 0.6) is 5.75 Å². The molecule has 1 saturated heterocycles. The van der Waals surface area contributed by atoms with E-state index < -0.39 is 6.10 Å². The number of ether oxygens (including phenoxy) is 1. The van der Waals surface area contributed by atoms with Crippen molar-refractivity contribution >= 4 is 17.4 Å². The largest absolute Gasteiger partial charge is 0.479 e. The third-order valence-corrected chi connectivity index (χ3v) is 4.30. The normalized spacial score (nSPS) is 22.7. The van der Waals surface area contributed by atoms with Crippen molar-refractivity contribution in [3.8, 4) is 5.75 Å². The van der Waals surface area contributed by atoms with E-state index in [1.54, 1.807) is 37.1 Å². The maximum absolute atomic E-state index is 12.6. The van der Waals surface area contributed by atoms with Gasteiger partial charge in [-0.15, -0.1) is 0 Å². The summed E-state index contributed by atoms with van der Waals surface area (Å²) in [5.74, 6) is 0.813. The average molecular weight is 288 g/mol. The van der Waals surface area contributed by atoms with Crippen molar-refractivity contribution in [3.05, 3.63) is 23.8 Å². The zero-order valence-electron chi connectivity index (χ0n) is 12.4. The minimum atomic E-state index is -0.478. The number of fused-ring (bicyclic) bond motifs is 1. The first-order valence-corrected chi connectivity index (χ1v) is 7.41. The zero-order valence-corrected chi connectivity index (χ0v) is 12.4. The molecule has 0 saturated carbocycles. The Morgan fingerprint density at radius 3 is 2.76 bits per heavy atom. The molecule has 1 aromatic rings. The number of piperidine rings is 1. The molecule has 5 nitrogen and oxygen atoms in total. The number of benzene rings is 1. The van der Waals surface area contributed by atoms with Crippen molar-refractivity contribution in [1.82, 2.24) is 5.32 Å². The van der Waals surface area contributed by atoms with Gasteiger partial charge in [0, 0.05) is 18.5 Å². The highest BCUT2D eigenvalue weighted by atomic mass is 16.5. The van der Waals surface area contributed by atoms with E-state index in [0.29, 0.717) is 17.0 Å². The Balaban J connectivity index is 1.88. The van der Waals surface area contributed by atoms with Gasteiger partial charge in [-0.05, 0) is 51.1 Å². The summed E-state index contributed by atoms with van der Waals surface area (Å²) in [4.78, 5) is 26.1. The molecule has 5 heteroatoms. The lowest BCUT2D eigenvalue weighted by Crippen LogP contribution is -2.42. The van der Waals surface area contributed by atoms with E-state index in [2.05, 4.69) is 5.32 Å². The van der Waals surface area contributed by atoms with Gasteiger partial charge in [0.2, 0.25) is 0 Å². The van der Waals surface area contributed by atoms with Crippen molar-refractivity contribution in [2.45, 2.75) is 25.9 Å². The van der Waals surface area contributed by atoms with E-state index in [1.165, 1.54) is 0 Å². The molecule has 1 fully saturated rings. The van der Waals surface area contributed by atoms with E-state index in [9.17, 15) is 9.59 Å². The van der Waals surface area contributed by atoms with Gasteiger partial charge in [-0.1, -0.05) is 0 Å². The number of hydrogen-bond acceptors (Lipinski definition) is 4. The molecule has 1 N–H and O–H groups in total. The van der Waals surface area contributed by atoms with Crippen molar-refractivity contribution in [3.63, 3.8) is 0 Å². The number of Topliss-reactive ketones (excluding diaryl/α,β-unsaturated/α-hetero) is 1. The minimum absolute atomic E-state index is 0.0775. The first-order valence-electron chi connectivity index (χ1n) is 7.41. The van der Waals surface area contributed by atoms with Crippen LogP contribution in [0, 0.1) is 5.92 Å². The number of carbonyl (C=O) groups excluding carboxylic acids is 2. The van der Waals surface area contributed by atoms with Crippen LogP contribution in [0.2, 0.25) is 0 Å². The first-order chi connectivity index (χ1) is 10.1. The number of carbonyl (C=O) groups is 2. The number of ketones is 1. The van der Waals surface area contributed by atoms with E-state index in [-0.39, 0.29) is 17.6 Å². The monoisotopic (exact) mass is 288 g/mol. The van der Waals surface area contributed by atoms with E-state index >= 15 is 0 Å². The van der Waals surface area contributed by atoms with Gasteiger partial charge in [-0.2, -0.15) is 0 Å². The van der Waals surface area contributed by atoms with Crippen LogP contribution < -0.4 is 15.0 Å². The predicted octanol–water partition coefficient (Wildman–Crippen LogP) is 1.61. The lowest BCUT2D eigenvalue weighted by atomic mass is 9.89. The molecule has 2 aliphatic rings. The third kappa shape index (κ3) is 2.53. The molecule has 1 amide bonds. The summed E-state index contributed by atoms with van der Waals surface area (Å²) in [6.45, 7) is 3.51. The van der Waals surface area contributed by atoms with Crippen molar-refractivity contribution < 1.29 is 14.3 Å². The maximum Gasteiger partial charge on any atom is 0.267 e. The van der Waals surface area contributed by atoms with E-state index in [4.69, 9.17) is 4.74 Å². The lowest BCUT2D eigenvalue weighted by Gasteiger charge is -2.30. The highest BCUT2D eigenvalue weighted by molar-refractivity contribution is 6.03. The number of nitrogens with one attached hydrogen (secondary N) is 1. The summed E-state index contributed by atoms with van der Waals surface area (Å²) in [6, 6.07) is 5.38. The molecule has 1 aromatic carbocycles. The van der Waals surface area contributed by atoms with Gasteiger partial charge in [0.25, 0.3) is 5.91 Å². The highest BCUT2D eigenvalue weighted by Gasteiger charge is 2.30. The van der Waals surface area contributed by atoms with Crippen LogP contribution in [0.25, 0.3) is 0 Å². The van der Waals surface area contributed by atoms with E-state index in [0.717, 1.165) is 25.9 Å². The highest BCUT2D eigenvalue weighted by Crippen LogP contribution is 2.34. The number of anilines is 1. The molecule has 3 rings (SSSR count). The molecular weight excluding hydrogens is 268 g/mol. The summed E-state index contributed by atoms with van der Waals surface area (Å²) >= 11 is 0. The molecule has 0 aliphatic carbocycles. The molecule has 2 aliphatic heterocycles. The Morgan fingerprint density at radius 2 is 2.05 bits per heavy atom. The molecule has 0 radical (unpaired) electrons. The number of hydrogen-bond donors (Lipinski definition) is 1. The molecule has 0 aromatic heterocycles. The molecule has 21 heavy (non-hydrogen) atoms. The van der Waals surface area contributed by atoms with Crippen LogP contribution in [-0.4, -0.2) is 37.9 Å². The summed E-state index contributed by atoms with van der Waals surface area (Å²) in [7, 11) is 1.72. The fourth-order valence-electron chi connectivity index (χ4n) is 2.98. The average Bonchev–Trinajstić information content (AvgIpc) is 2.53. The maximum atomic E-state index is 12.6. The molecule has 2 heterocycles. The van der Waals surface area contributed by atoms with E-state index in [1.807, 2.05) is 0 Å². The molecule has 1 atom stereocenters. The molecule has 112 valence electrons. The minimum Gasteiger partial charge on any atom is -0.479 e. The number of nitrogens with zero attached hydrogens (tertiary/aromatic N) is 1. The summed E-state index contributed by atoms with van der Waals surface area (Å²) in [5.41, 5.74) is 1.34. The summed E-state index contributed by atoms with van der Waals surface area (Å²) in [6.07, 6.45) is 1.27. The van der Waals surface area contributed by atoms with Gasteiger partial charge >= 0.3 is 0 Å². The SMILES string of the molecule is C[C@@H]1Oc2ccc(C(=O)C3CCNCC3)cc2N(C)C1=O. The lowest BCUT2D eigenvalue weighted by molar-refractivity contribution is -0.125. The molecule has 0 unspecified atom stereocenters. The van der Waals surface area contributed by atoms with Gasteiger partial charge < -0.3 is 15.0 Å². The Hall–Kier alpha value is -1.88. The fourth-order valence-corrected chi connectivity index (χ4v) is 2.98. The van der Waals surface area contributed by atoms with Crippen LogP contribution in [-0.2, 0) is 4.79 Å². The Morgan fingerprint density at radius 1 is 1.33 bits per heavy atom. The molecule has 0 spiro atoms. The topological polar surface area (TPSA) is 58.6 Å². The van der Waals surface area contributed by atoms with Crippen LogP contribution in [0.3, 0.4) is 0 Å². The van der Waals surface area contributed by atoms with Crippen LogP contribution in [0.4, 0.5) is 5.69 Å². The Kier molecular flexibility index (Phi) is 3.68. The van der Waals surface area contributed by atoms with Gasteiger partial charge in [0.1, 0.15) is 5.75 Å². The Labute approximate surface area is 124 Å². The smallest absolute Gasteiger partial charge is 0.267 e. The molecule has 0 bridgehead atoms. The van der Waals surface area contributed by atoms with Gasteiger partial charge in [-0.25, -0.2) is 0 Å². The van der Waals surface area contributed by atoms with Crippen molar-refractivity contribution in [2.24, 2.45) is 5.92 Å². The first kappa shape index (κ1) is 14.1. The molecular formula is C16H20N2O3. The van der Waals surface area contributed by atoms with Gasteiger partial charge in [-0.3, -0.25) is 9.59 Å². The van der Waals surface area contributed by atoms with Crippen LogP contribution in [0.1, 0.15) is 30.1 Å². The van der Waals surface area contributed by atoms with Gasteiger partial charge in [0.15, 0.2) is 11.9 Å². The van der Waals surface area contributed by atoms with Crippen LogP contribution in [0.15, 0.2) is 18.2 Å². The second-order valence-electron chi connectivity index (χ2n) is 5.73. The second-order valence-corrected chi connectivity index (χ2v) is 5.73.